The molecular formula is C12H20O. The lowest BCUT2D eigenvalue weighted by Crippen LogP contribution is -2.25. The Hall–Kier alpha value is -0.590. The van der Waals surface area contributed by atoms with Gasteiger partial charge in [-0.15, -0.1) is 6.58 Å². The third-order valence-corrected chi connectivity index (χ3v) is 3.09. The maximum absolute atomic E-state index is 11.4. The summed E-state index contributed by atoms with van der Waals surface area (Å²) >= 11 is 0. The van der Waals surface area contributed by atoms with Crippen molar-refractivity contribution in [3.63, 3.8) is 0 Å². The molecule has 1 fully saturated rings. The van der Waals surface area contributed by atoms with Crippen LogP contribution >= 0.6 is 0 Å². The van der Waals surface area contributed by atoms with E-state index in [1.807, 2.05) is 6.08 Å². The van der Waals surface area contributed by atoms with E-state index in [4.69, 9.17) is 0 Å². The Morgan fingerprint density at radius 1 is 1.54 bits per heavy atom. The highest BCUT2D eigenvalue weighted by Gasteiger charge is 2.27. The van der Waals surface area contributed by atoms with E-state index in [2.05, 4.69) is 20.4 Å². The lowest BCUT2D eigenvalue weighted by Gasteiger charge is -2.30. The minimum Gasteiger partial charge on any atom is -0.300 e. The Kier molecular flexibility index (Phi) is 3.71. The second kappa shape index (κ2) is 4.59. The standard InChI is InChI=1S/C12H20O/c1-4-5-10-6-11(9(2)3)8-12(13)7-10/h4,9-11H,1,5-8H2,2-3H3. The molecule has 0 bridgehead atoms. The number of carbonyl (C=O) groups excluding carboxylic acids is 1. The molecule has 0 amide bonds. The van der Waals surface area contributed by atoms with Crippen LogP contribution in [0, 0.1) is 17.8 Å². The van der Waals surface area contributed by atoms with Gasteiger partial charge in [-0.1, -0.05) is 19.9 Å². The van der Waals surface area contributed by atoms with Crippen molar-refractivity contribution >= 4 is 5.78 Å². The van der Waals surface area contributed by atoms with Gasteiger partial charge in [0.15, 0.2) is 0 Å². The molecule has 0 radical (unpaired) electrons. The van der Waals surface area contributed by atoms with Crippen molar-refractivity contribution in [1.29, 1.82) is 0 Å². The van der Waals surface area contributed by atoms with Crippen LogP contribution < -0.4 is 0 Å². The zero-order chi connectivity index (χ0) is 9.84. The van der Waals surface area contributed by atoms with E-state index in [1.54, 1.807) is 0 Å². The molecule has 1 nitrogen and oxygen atoms in total. The van der Waals surface area contributed by atoms with Gasteiger partial charge in [-0.25, -0.2) is 0 Å². The van der Waals surface area contributed by atoms with Crippen LogP contribution in [0.5, 0.6) is 0 Å². The van der Waals surface area contributed by atoms with Crippen molar-refractivity contribution in [3.05, 3.63) is 12.7 Å². The van der Waals surface area contributed by atoms with Gasteiger partial charge in [0.25, 0.3) is 0 Å². The number of ketones is 1. The average molecular weight is 180 g/mol. The highest BCUT2D eigenvalue weighted by molar-refractivity contribution is 5.79. The maximum Gasteiger partial charge on any atom is 0.133 e. The van der Waals surface area contributed by atoms with E-state index >= 15 is 0 Å². The van der Waals surface area contributed by atoms with E-state index in [0.717, 1.165) is 19.3 Å². The van der Waals surface area contributed by atoms with Crippen LogP contribution in [0.25, 0.3) is 0 Å². The summed E-state index contributed by atoms with van der Waals surface area (Å²) in [5, 5.41) is 0. The first kappa shape index (κ1) is 10.5. The number of Topliss-reactive ketones (excluding diaryl/α,β-unsaturated/α-hetero) is 1. The van der Waals surface area contributed by atoms with Crippen molar-refractivity contribution in [2.45, 2.75) is 39.5 Å². The van der Waals surface area contributed by atoms with E-state index in [0.29, 0.717) is 23.5 Å². The predicted molar refractivity (Wildman–Crippen MR) is 55.5 cm³/mol. The van der Waals surface area contributed by atoms with Gasteiger partial charge in [-0.2, -0.15) is 0 Å². The number of rotatable bonds is 3. The lowest BCUT2D eigenvalue weighted by molar-refractivity contribution is -0.123. The molecule has 0 spiro atoms. The van der Waals surface area contributed by atoms with Crippen molar-refractivity contribution in [2.24, 2.45) is 17.8 Å². The van der Waals surface area contributed by atoms with E-state index in [9.17, 15) is 4.79 Å². The molecule has 0 aliphatic heterocycles. The summed E-state index contributed by atoms with van der Waals surface area (Å²) in [7, 11) is 0. The molecule has 0 aromatic heterocycles. The van der Waals surface area contributed by atoms with Crippen LogP contribution in [0.2, 0.25) is 0 Å². The summed E-state index contributed by atoms with van der Waals surface area (Å²) in [4.78, 5) is 11.4. The average Bonchev–Trinajstić information content (AvgIpc) is 2.03. The van der Waals surface area contributed by atoms with Crippen molar-refractivity contribution in [3.8, 4) is 0 Å². The number of carbonyl (C=O) groups is 1. The van der Waals surface area contributed by atoms with Gasteiger partial charge in [-0.05, 0) is 30.6 Å². The summed E-state index contributed by atoms with van der Waals surface area (Å²) in [6.45, 7) is 8.17. The molecule has 2 atom stereocenters. The SMILES string of the molecule is C=CCC1CC(=O)CC(C(C)C)C1. The smallest absolute Gasteiger partial charge is 0.133 e. The second-order valence-corrected chi connectivity index (χ2v) is 4.58. The molecule has 1 heteroatoms. The Bertz CT molecular complexity index is 193. The minimum absolute atomic E-state index is 0.455. The Balaban J connectivity index is 2.52. The minimum atomic E-state index is 0.455. The maximum atomic E-state index is 11.4. The Morgan fingerprint density at radius 2 is 2.23 bits per heavy atom. The third kappa shape index (κ3) is 2.98. The fourth-order valence-electron chi connectivity index (χ4n) is 2.22. The van der Waals surface area contributed by atoms with Crippen molar-refractivity contribution in [2.75, 3.05) is 0 Å². The monoisotopic (exact) mass is 180 g/mol. The van der Waals surface area contributed by atoms with Gasteiger partial charge in [-0.3, -0.25) is 4.79 Å². The normalized spacial score (nSPS) is 29.3. The van der Waals surface area contributed by atoms with Crippen LogP contribution in [0.4, 0.5) is 0 Å². The second-order valence-electron chi connectivity index (χ2n) is 4.58. The first-order chi connectivity index (χ1) is 6.13. The fourth-order valence-corrected chi connectivity index (χ4v) is 2.22. The molecule has 1 rings (SSSR count). The number of hydrogen-bond acceptors (Lipinski definition) is 1. The number of hydrogen-bond donors (Lipinski definition) is 0. The largest absolute Gasteiger partial charge is 0.300 e. The molecule has 1 aliphatic rings. The quantitative estimate of drug-likeness (QED) is 0.609. The van der Waals surface area contributed by atoms with E-state index in [-0.39, 0.29) is 0 Å². The van der Waals surface area contributed by atoms with Crippen LogP contribution in [0.1, 0.15) is 39.5 Å². The van der Waals surface area contributed by atoms with E-state index < -0.39 is 0 Å². The zero-order valence-electron chi connectivity index (χ0n) is 8.75. The molecule has 74 valence electrons. The van der Waals surface area contributed by atoms with Gasteiger partial charge in [0.2, 0.25) is 0 Å². The molecule has 1 saturated carbocycles. The highest BCUT2D eigenvalue weighted by Crippen LogP contribution is 2.33. The van der Waals surface area contributed by atoms with Gasteiger partial charge < -0.3 is 0 Å². The molecule has 0 heterocycles. The molecule has 13 heavy (non-hydrogen) atoms. The first-order valence-electron chi connectivity index (χ1n) is 5.26. The van der Waals surface area contributed by atoms with Crippen molar-refractivity contribution in [1.82, 2.24) is 0 Å². The molecule has 0 aromatic carbocycles. The van der Waals surface area contributed by atoms with Crippen LogP contribution in [0.3, 0.4) is 0 Å². The number of allylic oxidation sites excluding steroid dienone is 1. The van der Waals surface area contributed by atoms with Gasteiger partial charge in [0.05, 0.1) is 0 Å². The molecule has 1 aliphatic carbocycles. The van der Waals surface area contributed by atoms with Crippen LogP contribution in [-0.4, -0.2) is 5.78 Å². The highest BCUT2D eigenvalue weighted by atomic mass is 16.1. The molecule has 0 N–H and O–H groups in total. The molecular weight excluding hydrogens is 160 g/mol. The Labute approximate surface area is 81.2 Å². The predicted octanol–water partition coefficient (Wildman–Crippen LogP) is 3.20. The third-order valence-electron chi connectivity index (χ3n) is 3.09. The summed E-state index contributed by atoms with van der Waals surface area (Å²) in [5.41, 5.74) is 0. The van der Waals surface area contributed by atoms with Gasteiger partial charge >= 0.3 is 0 Å². The Morgan fingerprint density at radius 3 is 2.77 bits per heavy atom. The van der Waals surface area contributed by atoms with Gasteiger partial charge in [0.1, 0.15) is 5.78 Å². The van der Waals surface area contributed by atoms with E-state index in [1.165, 1.54) is 6.42 Å². The summed E-state index contributed by atoms with van der Waals surface area (Å²) in [6, 6.07) is 0. The zero-order valence-corrected chi connectivity index (χ0v) is 8.75. The van der Waals surface area contributed by atoms with Crippen LogP contribution in [-0.2, 0) is 4.79 Å². The summed E-state index contributed by atoms with van der Waals surface area (Å²) in [6.07, 6.45) is 5.77. The summed E-state index contributed by atoms with van der Waals surface area (Å²) < 4.78 is 0. The topological polar surface area (TPSA) is 17.1 Å². The fraction of sp³-hybridized carbons (Fsp3) is 0.750. The first-order valence-corrected chi connectivity index (χ1v) is 5.26. The molecule has 0 saturated heterocycles. The molecule has 2 unspecified atom stereocenters. The lowest BCUT2D eigenvalue weighted by atomic mass is 9.74. The van der Waals surface area contributed by atoms with Gasteiger partial charge in [0, 0.05) is 12.8 Å². The van der Waals surface area contributed by atoms with Crippen LogP contribution in [0.15, 0.2) is 12.7 Å². The van der Waals surface area contributed by atoms with Crippen molar-refractivity contribution < 1.29 is 4.79 Å². The molecule has 0 aromatic rings. The summed E-state index contributed by atoms with van der Waals surface area (Å²) in [5.74, 6) is 2.30.